The SMILES string of the molecule is Cc1ccc(Nc2ccc(Br)cc2)cc1C. The van der Waals surface area contributed by atoms with Gasteiger partial charge in [0.25, 0.3) is 0 Å². The van der Waals surface area contributed by atoms with E-state index in [2.05, 4.69) is 65.4 Å². The lowest BCUT2D eigenvalue weighted by molar-refractivity contribution is 1.34. The molecule has 0 saturated heterocycles. The highest BCUT2D eigenvalue weighted by molar-refractivity contribution is 9.10. The molecule has 0 aliphatic rings. The van der Waals surface area contributed by atoms with Gasteiger partial charge in [0, 0.05) is 15.8 Å². The van der Waals surface area contributed by atoms with Gasteiger partial charge < -0.3 is 5.32 Å². The van der Waals surface area contributed by atoms with E-state index in [-0.39, 0.29) is 0 Å². The molecule has 0 fully saturated rings. The van der Waals surface area contributed by atoms with Gasteiger partial charge in [0.2, 0.25) is 0 Å². The van der Waals surface area contributed by atoms with Crippen molar-refractivity contribution in [3.05, 3.63) is 58.1 Å². The van der Waals surface area contributed by atoms with E-state index in [1.165, 1.54) is 11.1 Å². The number of anilines is 2. The third-order valence-corrected chi connectivity index (χ3v) is 3.17. The zero-order valence-corrected chi connectivity index (χ0v) is 11.0. The van der Waals surface area contributed by atoms with Crippen LogP contribution in [-0.2, 0) is 0 Å². The normalized spacial score (nSPS) is 10.2. The highest BCUT2D eigenvalue weighted by atomic mass is 79.9. The molecule has 0 radical (unpaired) electrons. The molecule has 2 heteroatoms. The Bertz CT molecular complexity index is 489. The van der Waals surface area contributed by atoms with Gasteiger partial charge in [0.05, 0.1) is 0 Å². The van der Waals surface area contributed by atoms with Gasteiger partial charge in [0.1, 0.15) is 0 Å². The second kappa shape index (κ2) is 4.71. The molecule has 1 nitrogen and oxygen atoms in total. The van der Waals surface area contributed by atoms with E-state index in [4.69, 9.17) is 0 Å². The lowest BCUT2D eigenvalue weighted by atomic mass is 10.1. The number of hydrogen-bond donors (Lipinski definition) is 1. The first kappa shape index (κ1) is 11.2. The summed E-state index contributed by atoms with van der Waals surface area (Å²) in [6.45, 7) is 4.25. The molecule has 0 bridgehead atoms. The molecule has 0 saturated carbocycles. The summed E-state index contributed by atoms with van der Waals surface area (Å²) in [5, 5.41) is 3.38. The third kappa shape index (κ3) is 2.64. The van der Waals surface area contributed by atoms with Crippen molar-refractivity contribution in [3.63, 3.8) is 0 Å². The Hall–Kier alpha value is -1.28. The molecule has 0 spiro atoms. The fourth-order valence-corrected chi connectivity index (χ4v) is 1.78. The van der Waals surface area contributed by atoms with E-state index in [1.807, 2.05) is 12.1 Å². The Morgan fingerprint density at radius 2 is 1.44 bits per heavy atom. The zero-order valence-electron chi connectivity index (χ0n) is 9.42. The Labute approximate surface area is 105 Å². The van der Waals surface area contributed by atoms with Crippen LogP contribution in [0.1, 0.15) is 11.1 Å². The molecular formula is C14H14BrN. The number of aryl methyl sites for hydroxylation is 2. The standard InChI is InChI=1S/C14H14BrN/c1-10-3-6-14(9-11(10)2)16-13-7-4-12(15)5-8-13/h3-9,16H,1-2H3. The molecule has 2 rings (SSSR count). The van der Waals surface area contributed by atoms with Gasteiger partial charge in [0.15, 0.2) is 0 Å². The van der Waals surface area contributed by atoms with E-state index < -0.39 is 0 Å². The number of halogens is 1. The van der Waals surface area contributed by atoms with Gasteiger partial charge >= 0.3 is 0 Å². The molecule has 2 aromatic carbocycles. The molecule has 82 valence electrons. The lowest BCUT2D eigenvalue weighted by Crippen LogP contribution is -1.91. The highest BCUT2D eigenvalue weighted by Crippen LogP contribution is 2.21. The van der Waals surface area contributed by atoms with Crippen molar-refractivity contribution in [2.24, 2.45) is 0 Å². The molecule has 0 amide bonds. The van der Waals surface area contributed by atoms with E-state index in [0.717, 1.165) is 15.8 Å². The number of benzene rings is 2. The second-order valence-electron chi connectivity index (χ2n) is 3.93. The largest absolute Gasteiger partial charge is 0.356 e. The molecule has 0 atom stereocenters. The molecule has 2 aromatic rings. The number of nitrogens with one attached hydrogen (secondary N) is 1. The summed E-state index contributed by atoms with van der Waals surface area (Å²) in [5.41, 5.74) is 4.86. The summed E-state index contributed by atoms with van der Waals surface area (Å²) in [6.07, 6.45) is 0. The molecule has 0 unspecified atom stereocenters. The Morgan fingerprint density at radius 3 is 2.06 bits per heavy atom. The minimum atomic E-state index is 1.10. The summed E-state index contributed by atoms with van der Waals surface area (Å²) in [4.78, 5) is 0. The topological polar surface area (TPSA) is 12.0 Å². The van der Waals surface area contributed by atoms with Crippen LogP contribution in [0.15, 0.2) is 46.9 Å². The van der Waals surface area contributed by atoms with Crippen LogP contribution in [0.2, 0.25) is 0 Å². The quantitative estimate of drug-likeness (QED) is 0.830. The molecule has 0 aliphatic heterocycles. The Kier molecular flexibility index (Phi) is 3.30. The first-order valence-electron chi connectivity index (χ1n) is 5.25. The second-order valence-corrected chi connectivity index (χ2v) is 4.85. The minimum absolute atomic E-state index is 1.10. The van der Waals surface area contributed by atoms with Crippen molar-refractivity contribution in [3.8, 4) is 0 Å². The van der Waals surface area contributed by atoms with Crippen LogP contribution in [0.4, 0.5) is 11.4 Å². The maximum Gasteiger partial charge on any atom is 0.0387 e. The first-order valence-corrected chi connectivity index (χ1v) is 6.04. The van der Waals surface area contributed by atoms with Crippen molar-refractivity contribution in [2.45, 2.75) is 13.8 Å². The fourth-order valence-electron chi connectivity index (χ4n) is 1.52. The maximum absolute atomic E-state index is 3.42. The number of rotatable bonds is 2. The van der Waals surface area contributed by atoms with Gasteiger partial charge in [-0.25, -0.2) is 0 Å². The van der Waals surface area contributed by atoms with Crippen LogP contribution in [0, 0.1) is 13.8 Å². The predicted molar refractivity (Wildman–Crippen MR) is 73.3 cm³/mol. The summed E-state index contributed by atoms with van der Waals surface area (Å²) >= 11 is 3.42. The van der Waals surface area contributed by atoms with Crippen LogP contribution in [0.25, 0.3) is 0 Å². The van der Waals surface area contributed by atoms with Crippen molar-refractivity contribution < 1.29 is 0 Å². The van der Waals surface area contributed by atoms with Gasteiger partial charge in [-0.1, -0.05) is 22.0 Å². The summed E-state index contributed by atoms with van der Waals surface area (Å²) in [6, 6.07) is 14.6. The molecular weight excluding hydrogens is 262 g/mol. The molecule has 1 N–H and O–H groups in total. The third-order valence-electron chi connectivity index (χ3n) is 2.64. The first-order chi connectivity index (χ1) is 7.65. The number of hydrogen-bond acceptors (Lipinski definition) is 1. The summed E-state index contributed by atoms with van der Waals surface area (Å²) in [5.74, 6) is 0. The minimum Gasteiger partial charge on any atom is -0.356 e. The van der Waals surface area contributed by atoms with Crippen LogP contribution in [0.3, 0.4) is 0 Å². The predicted octanol–water partition coefficient (Wildman–Crippen LogP) is 4.81. The van der Waals surface area contributed by atoms with Crippen molar-refractivity contribution >= 4 is 27.3 Å². The summed E-state index contributed by atoms with van der Waals surface area (Å²) in [7, 11) is 0. The van der Waals surface area contributed by atoms with E-state index >= 15 is 0 Å². The van der Waals surface area contributed by atoms with Gasteiger partial charge in [-0.3, -0.25) is 0 Å². The van der Waals surface area contributed by atoms with Gasteiger partial charge in [-0.05, 0) is 61.4 Å². The van der Waals surface area contributed by atoms with E-state index in [0.29, 0.717) is 0 Å². The Balaban J connectivity index is 2.20. The fraction of sp³-hybridized carbons (Fsp3) is 0.143. The monoisotopic (exact) mass is 275 g/mol. The van der Waals surface area contributed by atoms with Crippen LogP contribution in [-0.4, -0.2) is 0 Å². The van der Waals surface area contributed by atoms with E-state index in [9.17, 15) is 0 Å². The molecule has 0 aromatic heterocycles. The zero-order chi connectivity index (χ0) is 11.5. The molecule has 16 heavy (non-hydrogen) atoms. The average Bonchev–Trinajstić information content (AvgIpc) is 2.27. The van der Waals surface area contributed by atoms with Crippen molar-refractivity contribution in [1.82, 2.24) is 0 Å². The van der Waals surface area contributed by atoms with Crippen LogP contribution in [0.5, 0.6) is 0 Å². The van der Waals surface area contributed by atoms with Gasteiger partial charge in [-0.2, -0.15) is 0 Å². The van der Waals surface area contributed by atoms with Crippen LogP contribution < -0.4 is 5.32 Å². The molecule has 0 aliphatic carbocycles. The van der Waals surface area contributed by atoms with Gasteiger partial charge in [-0.15, -0.1) is 0 Å². The Morgan fingerprint density at radius 1 is 0.812 bits per heavy atom. The van der Waals surface area contributed by atoms with Crippen molar-refractivity contribution in [2.75, 3.05) is 5.32 Å². The smallest absolute Gasteiger partial charge is 0.0387 e. The highest BCUT2D eigenvalue weighted by Gasteiger charge is 1.97. The van der Waals surface area contributed by atoms with Crippen LogP contribution >= 0.6 is 15.9 Å². The summed E-state index contributed by atoms with van der Waals surface area (Å²) < 4.78 is 1.10. The molecule has 0 heterocycles. The lowest BCUT2D eigenvalue weighted by Gasteiger charge is -2.08. The van der Waals surface area contributed by atoms with E-state index in [1.54, 1.807) is 0 Å². The average molecular weight is 276 g/mol. The van der Waals surface area contributed by atoms with Crippen molar-refractivity contribution in [1.29, 1.82) is 0 Å². The maximum atomic E-state index is 3.42.